The van der Waals surface area contributed by atoms with E-state index >= 15 is 0 Å². The van der Waals surface area contributed by atoms with Crippen molar-refractivity contribution in [2.75, 3.05) is 0 Å². The molecule has 2 rings (SSSR count). The fraction of sp³-hybridized carbons (Fsp3) is 0.231. The molecule has 0 saturated heterocycles. The molecule has 2 aromatic rings. The van der Waals surface area contributed by atoms with Crippen LogP contribution in [0.3, 0.4) is 0 Å². The molecule has 0 aliphatic heterocycles. The summed E-state index contributed by atoms with van der Waals surface area (Å²) in [6.07, 6.45) is 0. The van der Waals surface area contributed by atoms with Gasteiger partial charge in [0.05, 0.1) is 0 Å². The smallest absolute Gasteiger partial charge is 0.129 e. The maximum atomic E-state index is 13.5. The van der Waals surface area contributed by atoms with E-state index in [-0.39, 0.29) is 11.9 Å². The number of benzene rings is 1. The third kappa shape index (κ3) is 3.28. The Bertz CT molecular complexity index is 484. The van der Waals surface area contributed by atoms with Crippen LogP contribution in [0, 0.1) is 5.82 Å². The second-order valence-corrected chi connectivity index (χ2v) is 5.27. The van der Waals surface area contributed by atoms with E-state index in [2.05, 4.69) is 18.3 Å². The summed E-state index contributed by atoms with van der Waals surface area (Å²) in [7, 11) is 0. The largest absolute Gasteiger partial charge is 0.305 e. The zero-order chi connectivity index (χ0) is 12.3. The molecule has 4 heteroatoms. The Morgan fingerprint density at radius 3 is 2.88 bits per heavy atom. The van der Waals surface area contributed by atoms with E-state index in [4.69, 9.17) is 11.6 Å². The lowest BCUT2D eigenvalue weighted by Crippen LogP contribution is -2.17. The lowest BCUT2D eigenvalue weighted by atomic mass is 10.2. The summed E-state index contributed by atoms with van der Waals surface area (Å²) in [5, 5.41) is 5.76. The standard InChI is InChI=1S/C13H13ClFNS/c1-9(13-3-2-6-17-13)16-8-10-4-5-11(14)7-12(10)15/h2-7,9,16H,8H2,1H3/t9-/m1/s1. The molecular formula is C13H13ClFNS. The van der Waals surface area contributed by atoms with Gasteiger partial charge in [0, 0.05) is 28.0 Å². The summed E-state index contributed by atoms with van der Waals surface area (Å²) in [5.41, 5.74) is 0.637. The van der Waals surface area contributed by atoms with Crippen molar-refractivity contribution in [3.8, 4) is 0 Å². The first kappa shape index (κ1) is 12.6. The number of hydrogen-bond acceptors (Lipinski definition) is 2. The van der Waals surface area contributed by atoms with Crippen LogP contribution < -0.4 is 5.32 Å². The minimum atomic E-state index is -0.261. The minimum absolute atomic E-state index is 0.227. The van der Waals surface area contributed by atoms with Gasteiger partial charge in [-0.1, -0.05) is 23.7 Å². The van der Waals surface area contributed by atoms with Crippen LogP contribution in [0.25, 0.3) is 0 Å². The van der Waals surface area contributed by atoms with Gasteiger partial charge in [-0.05, 0) is 30.5 Å². The zero-order valence-electron chi connectivity index (χ0n) is 9.41. The quantitative estimate of drug-likeness (QED) is 0.868. The van der Waals surface area contributed by atoms with Crippen LogP contribution >= 0.6 is 22.9 Å². The van der Waals surface area contributed by atoms with Crippen LogP contribution in [0.2, 0.25) is 5.02 Å². The number of halogens is 2. The average molecular weight is 270 g/mol. The summed E-state index contributed by atoms with van der Waals surface area (Å²) in [4.78, 5) is 1.25. The van der Waals surface area contributed by atoms with Gasteiger partial charge in [0.2, 0.25) is 0 Å². The van der Waals surface area contributed by atoms with Crippen LogP contribution in [0.5, 0.6) is 0 Å². The van der Waals surface area contributed by atoms with Gasteiger partial charge in [0.1, 0.15) is 5.82 Å². The zero-order valence-corrected chi connectivity index (χ0v) is 11.0. The first-order chi connectivity index (χ1) is 8.16. The molecule has 17 heavy (non-hydrogen) atoms. The highest BCUT2D eigenvalue weighted by atomic mass is 35.5. The van der Waals surface area contributed by atoms with Crippen molar-refractivity contribution in [3.63, 3.8) is 0 Å². The molecule has 1 nitrogen and oxygen atoms in total. The van der Waals surface area contributed by atoms with Gasteiger partial charge in [0.25, 0.3) is 0 Å². The van der Waals surface area contributed by atoms with E-state index in [1.807, 2.05) is 11.4 Å². The maximum absolute atomic E-state index is 13.5. The van der Waals surface area contributed by atoms with Crippen molar-refractivity contribution in [2.45, 2.75) is 19.5 Å². The molecule has 1 atom stereocenters. The maximum Gasteiger partial charge on any atom is 0.129 e. The van der Waals surface area contributed by atoms with Crippen LogP contribution in [0.15, 0.2) is 35.7 Å². The topological polar surface area (TPSA) is 12.0 Å². The van der Waals surface area contributed by atoms with Gasteiger partial charge < -0.3 is 5.32 Å². The second kappa shape index (κ2) is 5.63. The summed E-state index contributed by atoms with van der Waals surface area (Å²) in [5.74, 6) is -0.261. The minimum Gasteiger partial charge on any atom is -0.305 e. The van der Waals surface area contributed by atoms with E-state index < -0.39 is 0 Å². The molecule has 0 unspecified atom stereocenters. The number of hydrogen-bond donors (Lipinski definition) is 1. The highest BCUT2D eigenvalue weighted by molar-refractivity contribution is 7.10. The van der Waals surface area contributed by atoms with Crippen molar-refractivity contribution in [1.82, 2.24) is 5.32 Å². The third-order valence-electron chi connectivity index (χ3n) is 2.58. The molecule has 0 saturated carbocycles. The molecule has 0 aliphatic carbocycles. The van der Waals surface area contributed by atoms with Gasteiger partial charge in [-0.3, -0.25) is 0 Å². The number of rotatable bonds is 4. The molecule has 1 N–H and O–H groups in total. The molecule has 0 spiro atoms. The van der Waals surface area contributed by atoms with E-state index in [1.165, 1.54) is 10.9 Å². The lowest BCUT2D eigenvalue weighted by molar-refractivity contribution is 0.549. The molecule has 0 aliphatic rings. The second-order valence-electron chi connectivity index (χ2n) is 3.85. The Labute approximate surface area is 109 Å². The van der Waals surface area contributed by atoms with Crippen LogP contribution in [0.1, 0.15) is 23.4 Å². The van der Waals surface area contributed by atoms with E-state index in [9.17, 15) is 4.39 Å². The summed E-state index contributed by atoms with van der Waals surface area (Å²) < 4.78 is 13.5. The van der Waals surface area contributed by atoms with E-state index in [0.29, 0.717) is 17.1 Å². The summed E-state index contributed by atoms with van der Waals surface area (Å²) in [6, 6.07) is 9.07. The van der Waals surface area contributed by atoms with E-state index in [0.717, 1.165) is 0 Å². The predicted octanol–water partition coefficient (Wildman–Crippen LogP) is 4.39. The summed E-state index contributed by atoms with van der Waals surface area (Å²) >= 11 is 7.40. The molecule has 0 fully saturated rings. The van der Waals surface area contributed by atoms with Crippen molar-refractivity contribution in [1.29, 1.82) is 0 Å². The first-order valence-electron chi connectivity index (χ1n) is 5.37. The van der Waals surface area contributed by atoms with Crippen LogP contribution in [0.4, 0.5) is 4.39 Å². The highest BCUT2D eigenvalue weighted by Gasteiger charge is 2.07. The van der Waals surface area contributed by atoms with Crippen molar-refractivity contribution < 1.29 is 4.39 Å². The molecule has 0 bridgehead atoms. The van der Waals surface area contributed by atoms with E-state index in [1.54, 1.807) is 23.5 Å². The monoisotopic (exact) mass is 269 g/mol. The van der Waals surface area contributed by atoms with Crippen molar-refractivity contribution in [3.05, 3.63) is 57.0 Å². The lowest BCUT2D eigenvalue weighted by Gasteiger charge is -2.12. The fourth-order valence-corrected chi connectivity index (χ4v) is 2.48. The van der Waals surface area contributed by atoms with Gasteiger partial charge in [-0.2, -0.15) is 0 Å². The Hall–Kier alpha value is -0.900. The SMILES string of the molecule is C[C@@H](NCc1ccc(Cl)cc1F)c1cccs1. The molecule has 1 aromatic carbocycles. The normalized spacial score (nSPS) is 12.6. The van der Waals surface area contributed by atoms with Crippen molar-refractivity contribution in [2.24, 2.45) is 0 Å². The van der Waals surface area contributed by atoms with Crippen LogP contribution in [-0.4, -0.2) is 0 Å². The molecule has 0 radical (unpaired) electrons. The first-order valence-corrected chi connectivity index (χ1v) is 6.63. The van der Waals surface area contributed by atoms with Crippen molar-refractivity contribution >= 4 is 22.9 Å². The average Bonchev–Trinajstić information content (AvgIpc) is 2.81. The Kier molecular flexibility index (Phi) is 4.15. The predicted molar refractivity (Wildman–Crippen MR) is 71.0 cm³/mol. The molecule has 1 aromatic heterocycles. The molecule has 90 valence electrons. The highest BCUT2D eigenvalue weighted by Crippen LogP contribution is 2.20. The Morgan fingerprint density at radius 2 is 2.24 bits per heavy atom. The molecule has 1 heterocycles. The Morgan fingerprint density at radius 1 is 1.41 bits per heavy atom. The van der Waals surface area contributed by atoms with Gasteiger partial charge >= 0.3 is 0 Å². The molecular weight excluding hydrogens is 257 g/mol. The number of nitrogens with one attached hydrogen (secondary N) is 1. The molecule has 0 amide bonds. The van der Waals surface area contributed by atoms with Crippen LogP contribution in [-0.2, 0) is 6.54 Å². The third-order valence-corrected chi connectivity index (χ3v) is 3.87. The van der Waals surface area contributed by atoms with Gasteiger partial charge in [-0.15, -0.1) is 11.3 Å². The fourth-order valence-electron chi connectivity index (χ4n) is 1.57. The Balaban J connectivity index is 1.98. The number of thiophene rings is 1. The van der Waals surface area contributed by atoms with Gasteiger partial charge in [-0.25, -0.2) is 4.39 Å². The summed E-state index contributed by atoms with van der Waals surface area (Å²) in [6.45, 7) is 2.57. The van der Waals surface area contributed by atoms with Gasteiger partial charge in [0.15, 0.2) is 0 Å².